The molecule has 4 nitrogen and oxygen atoms in total. The second-order valence-corrected chi connectivity index (χ2v) is 9.42. The molecule has 5 aliphatic carbocycles. The first kappa shape index (κ1) is 16.5. The molecule has 5 saturated carbocycles. The molecule has 5 heteroatoms. The summed E-state index contributed by atoms with van der Waals surface area (Å²) >= 11 is 0. The molecular formula is C21H25FO4. The molecule has 2 unspecified atom stereocenters. The van der Waals surface area contributed by atoms with Crippen LogP contribution in [0.15, 0.2) is 12.1 Å². The van der Waals surface area contributed by atoms with Crippen LogP contribution in [-0.2, 0) is 0 Å². The predicted molar refractivity (Wildman–Crippen MR) is 92.9 cm³/mol. The van der Waals surface area contributed by atoms with Gasteiger partial charge in [-0.25, -0.2) is 9.18 Å². The average molecular weight is 360 g/mol. The van der Waals surface area contributed by atoms with Gasteiger partial charge in [0.05, 0.1) is 17.8 Å². The van der Waals surface area contributed by atoms with E-state index in [9.17, 15) is 19.4 Å². The molecule has 4 bridgehead atoms. The lowest BCUT2D eigenvalue weighted by atomic mass is 9.48. The number of carbonyl (C=O) groups is 1. The summed E-state index contributed by atoms with van der Waals surface area (Å²) in [6.45, 7) is 0.494. The summed E-state index contributed by atoms with van der Waals surface area (Å²) in [4.78, 5) is 11.2. The van der Waals surface area contributed by atoms with E-state index in [4.69, 9.17) is 4.74 Å². The molecule has 5 aliphatic rings. The monoisotopic (exact) mass is 360 g/mol. The Morgan fingerprint density at radius 3 is 2.46 bits per heavy atom. The van der Waals surface area contributed by atoms with Gasteiger partial charge in [-0.05, 0) is 80.8 Å². The van der Waals surface area contributed by atoms with Gasteiger partial charge in [0, 0.05) is 11.5 Å². The van der Waals surface area contributed by atoms with E-state index in [0.29, 0.717) is 24.2 Å². The zero-order valence-electron chi connectivity index (χ0n) is 14.8. The number of aliphatic hydroxyl groups is 1. The van der Waals surface area contributed by atoms with Crippen LogP contribution in [0.4, 0.5) is 4.39 Å². The molecule has 1 aromatic carbocycles. The van der Waals surface area contributed by atoms with Gasteiger partial charge in [0.15, 0.2) is 0 Å². The zero-order valence-corrected chi connectivity index (χ0v) is 14.8. The minimum Gasteiger partial charge on any atom is -0.493 e. The van der Waals surface area contributed by atoms with E-state index in [1.807, 2.05) is 0 Å². The molecule has 2 N–H and O–H groups in total. The standard InChI is InChI=1S/C21H25FO4/c22-17-5-18(15(14-1-2-14)4-16(17)19(23)24)26-11-20-6-12-3-13(7-20)9-21(25,8-12)10-20/h4-5,12-14,25H,1-3,6-11H2,(H,23,24). The van der Waals surface area contributed by atoms with E-state index in [-0.39, 0.29) is 16.9 Å². The molecule has 0 amide bonds. The topological polar surface area (TPSA) is 66.8 Å². The van der Waals surface area contributed by atoms with Crippen LogP contribution in [-0.4, -0.2) is 28.4 Å². The van der Waals surface area contributed by atoms with E-state index >= 15 is 0 Å². The third kappa shape index (κ3) is 2.72. The number of rotatable bonds is 5. The first-order valence-corrected chi connectivity index (χ1v) is 9.77. The van der Waals surface area contributed by atoms with Crippen LogP contribution in [0.3, 0.4) is 0 Å². The Kier molecular flexibility index (Phi) is 3.46. The average Bonchev–Trinajstić information content (AvgIpc) is 3.35. The highest BCUT2D eigenvalue weighted by Gasteiger charge is 2.57. The SMILES string of the molecule is O=C(O)c1cc(C2CC2)c(OCC23CC4CC(CC(O)(C4)C2)C3)cc1F. The maximum Gasteiger partial charge on any atom is 0.338 e. The minimum atomic E-state index is -1.24. The summed E-state index contributed by atoms with van der Waals surface area (Å²) in [5, 5.41) is 20.1. The summed E-state index contributed by atoms with van der Waals surface area (Å²) in [6.07, 6.45) is 7.99. The highest BCUT2D eigenvalue weighted by atomic mass is 19.1. The molecule has 0 radical (unpaired) electrons. The van der Waals surface area contributed by atoms with Crippen LogP contribution in [0.25, 0.3) is 0 Å². The molecule has 0 heterocycles. The van der Waals surface area contributed by atoms with Crippen LogP contribution >= 0.6 is 0 Å². The largest absolute Gasteiger partial charge is 0.493 e. The van der Waals surface area contributed by atoms with Crippen molar-refractivity contribution in [1.29, 1.82) is 0 Å². The van der Waals surface area contributed by atoms with Crippen molar-refractivity contribution in [2.24, 2.45) is 17.3 Å². The molecule has 0 aromatic heterocycles. The molecule has 0 spiro atoms. The van der Waals surface area contributed by atoms with Gasteiger partial charge in [-0.15, -0.1) is 0 Å². The molecule has 0 aliphatic heterocycles. The molecule has 26 heavy (non-hydrogen) atoms. The molecule has 0 saturated heterocycles. The molecule has 6 rings (SSSR count). The van der Waals surface area contributed by atoms with Gasteiger partial charge in [-0.2, -0.15) is 0 Å². The van der Waals surface area contributed by atoms with Gasteiger partial charge in [-0.1, -0.05) is 0 Å². The lowest BCUT2D eigenvalue weighted by Crippen LogP contribution is -2.57. The lowest BCUT2D eigenvalue weighted by Gasteiger charge is -2.60. The van der Waals surface area contributed by atoms with Gasteiger partial charge in [0.1, 0.15) is 11.6 Å². The molecule has 1 aromatic rings. The quantitative estimate of drug-likeness (QED) is 0.829. The second-order valence-electron chi connectivity index (χ2n) is 9.42. The number of hydrogen-bond donors (Lipinski definition) is 2. The highest BCUT2D eigenvalue weighted by molar-refractivity contribution is 5.88. The lowest BCUT2D eigenvalue weighted by molar-refractivity contribution is -0.172. The van der Waals surface area contributed by atoms with E-state index in [0.717, 1.165) is 50.5 Å². The first-order valence-electron chi connectivity index (χ1n) is 9.77. The molecule has 5 fully saturated rings. The van der Waals surface area contributed by atoms with Crippen LogP contribution in [0.5, 0.6) is 5.75 Å². The van der Waals surface area contributed by atoms with Crippen molar-refractivity contribution in [1.82, 2.24) is 0 Å². The van der Waals surface area contributed by atoms with Crippen molar-refractivity contribution < 1.29 is 24.1 Å². The summed E-state index contributed by atoms with van der Waals surface area (Å²) in [5.74, 6) is -0.0278. The number of halogens is 1. The number of carboxylic acids is 1. The van der Waals surface area contributed by atoms with E-state index in [1.165, 1.54) is 18.6 Å². The predicted octanol–water partition coefficient (Wildman–Crippen LogP) is 4.11. The van der Waals surface area contributed by atoms with Crippen molar-refractivity contribution in [2.45, 2.75) is 62.9 Å². The van der Waals surface area contributed by atoms with Gasteiger partial charge in [0.2, 0.25) is 0 Å². The Morgan fingerprint density at radius 2 is 1.88 bits per heavy atom. The summed E-state index contributed by atoms with van der Waals surface area (Å²) < 4.78 is 20.3. The molecule has 2 atom stereocenters. The molecule has 140 valence electrons. The van der Waals surface area contributed by atoms with Gasteiger partial charge < -0.3 is 14.9 Å². The van der Waals surface area contributed by atoms with Crippen LogP contribution < -0.4 is 4.74 Å². The number of aromatic carboxylic acids is 1. The van der Waals surface area contributed by atoms with E-state index in [2.05, 4.69) is 0 Å². The number of carboxylic acid groups (broad SMARTS) is 1. The fourth-order valence-electron chi connectivity index (χ4n) is 6.38. The Labute approximate surface area is 152 Å². The maximum atomic E-state index is 14.2. The van der Waals surface area contributed by atoms with Gasteiger partial charge >= 0.3 is 5.97 Å². The normalized spacial score (nSPS) is 37.8. The summed E-state index contributed by atoms with van der Waals surface area (Å²) in [7, 11) is 0. The van der Waals surface area contributed by atoms with Crippen molar-refractivity contribution in [3.63, 3.8) is 0 Å². The van der Waals surface area contributed by atoms with Crippen LogP contribution in [0.2, 0.25) is 0 Å². The zero-order chi connectivity index (χ0) is 18.1. The van der Waals surface area contributed by atoms with Crippen molar-refractivity contribution in [3.8, 4) is 5.75 Å². The third-order valence-corrected chi connectivity index (χ3v) is 7.03. The van der Waals surface area contributed by atoms with E-state index in [1.54, 1.807) is 0 Å². The minimum absolute atomic E-state index is 0.0123. The third-order valence-electron chi connectivity index (χ3n) is 7.03. The van der Waals surface area contributed by atoms with Gasteiger partial charge in [0.25, 0.3) is 0 Å². The highest BCUT2D eigenvalue weighted by Crippen LogP contribution is 2.61. The Balaban J connectivity index is 1.40. The van der Waals surface area contributed by atoms with Gasteiger partial charge in [-0.3, -0.25) is 0 Å². The first-order chi connectivity index (χ1) is 12.3. The van der Waals surface area contributed by atoms with Crippen LogP contribution in [0, 0.1) is 23.1 Å². The van der Waals surface area contributed by atoms with Crippen LogP contribution in [0.1, 0.15) is 73.2 Å². The number of ether oxygens (including phenoxy) is 1. The fraction of sp³-hybridized carbons (Fsp3) is 0.667. The van der Waals surface area contributed by atoms with E-state index < -0.39 is 17.4 Å². The summed E-state index contributed by atoms with van der Waals surface area (Å²) in [6, 6.07) is 2.71. The Morgan fingerprint density at radius 1 is 1.19 bits per heavy atom. The molecular weight excluding hydrogens is 335 g/mol. The number of hydrogen-bond acceptors (Lipinski definition) is 3. The Bertz CT molecular complexity index is 756. The maximum absolute atomic E-state index is 14.2. The van der Waals surface area contributed by atoms with Crippen molar-refractivity contribution in [2.75, 3.05) is 6.61 Å². The fourth-order valence-corrected chi connectivity index (χ4v) is 6.38. The summed E-state index contributed by atoms with van der Waals surface area (Å²) in [5.41, 5.74) is 0.00266. The number of benzene rings is 1. The smallest absolute Gasteiger partial charge is 0.338 e. The van der Waals surface area contributed by atoms with Crippen molar-refractivity contribution in [3.05, 3.63) is 29.1 Å². The second kappa shape index (κ2) is 5.44. The van der Waals surface area contributed by atoms with Crippen molar-refractivity contribution >= 4 is 5.97 Å². The Hall–Kier alpha value is -1.62.